The van der Waals surface area contributed by atoms with Gasteiger partial charge in [0, 0.05) is 16.5 Å². The number of amidine groups is 1. The Kier molecular flexibility index (Phi) is 4.11. The summed E-state index contributed by atoms with van der Waals surface area (Å²) in [5.41, 5.74) is 0. The van der Waals surface area contributed by atoms with E-state index < -0.39 is 0 Å². The largest absolute Gasteiger partial charge is 0.362 e. The summed E-state index contributed by atoms with van der Waals surface area (Å²) in [6.07, 6.45) is 6.31. The molecule has 2 nitrogen and oxygen atoms in total. The van der Waals surface area contributed by atoms with Crippen LogP contribution in [0.25, 0.3) is 0 Å². The molecule has 0 bridgehead atoms. The number of hydrogen-bond acceptors (Lipinski definition) is 3. The van der Waals surface area contributed by atoms with E-state index in [1.54, 1.807) is 0 Å². The van der Waals surface area contributed by atoms with Gasteiger partial charge in [0.15, 0.2) is 5.17 Å². The lowest BCUT2D eigenvalue weighted by atomic mass is 10.1. The van der Waals surface area contributed by atoms with Crippen molar-refractivity contribution in [1.29, 1.82) is 0 Å². The maximum absolute atomic E-state index is 4.73. The van der Waals surface area contributed by atoms with Gasteiger partial charge >= 0.3 is 0 Å². The molecule has 2 fully saturated rings. The van der Waals surface area contributed by atoms with E-state index in [1.165, 1.54) is 30.2 Å². The van der Waals surface area contributed by atoms with Gasteiger partial charge in [-0.15, -0.1) is 0 Å². The van der Waals surface area contributed by atoms with Gasteiger partial charge in [-0.05, 0) is 38.9 Å². The van der Waals surface area contributed by atoms with Crippen LogP contribution in [0.15, 0.2) is 4.99 Å². The van der Waals surface area contributed by atoms with Gasteiger partial charge in [0.25, 0.3) is 0 Å². The Hall–Kier alpha value is 0.170. The Morgan fingerprint density at radius 1 is 1.50 bits per heavy atom. The monoisotopic (exact) mass is 258 g/mol. The second-order valence-corrected chi connectivity index (χ2v) is 7.86. The Balaban J connectivity index is 1.88. The fourth-order valence-electron chi connectivity index (χ4n) is 2.23. The molecular weight excluding hydrogens is 236 g/mol. The first-order valence-corrected chi connectivity index (χ1v) is 8.31. The summed E-state index contributed by atoms with van der Waals surface area (Å²) in [6.45, 7) is 5.43. The maximum atomic E-state index is 4.73. The topological polar surface area (TPSA) is 24.4 Å². The number of aliphatic imine (C=N–C) groups is 1. The third-order valence-corrected chi connectivity index (χ3v) is 5.91. The predicted molar refractivity (Wildman–Crippen MR) is 76.6 cm³/mol. The Morgan fingerprint density at radius 3 is 3.06 bits per heavy atom. The van der Waals surface area contributed by atoms with Gasteiger partial charge in [0.1, 0.15) is 0 Å². The molecule has 2 unspecified atom stereocenters. The molecule has 2 aliphatic rings. The van der Waals surface area contributed by atoms with Crippen molar-refractivity contribution in [3.8, 4) is 0 Å². The number of nitrogens with one attached hydrogen (secondary N) is 1. The highest BCUT2D eigenvalue weighted by atomic mass is 32.2. The van der Waals surface area contributed by atoms with Gasteiger partial charge in [0.05, 0.1) is 6.54 Å². The van der Waals surface area contributed by atoms with Crippen LogP contribution in [0.3, 0.4) is 0 Å². The van der Waals surface area contributed by atoms with Crippen molar-refractivity contribution >= 4 is 28.7 Å². The van der Waals surface area contributed by atoms with Crippen LogP contribution >= 0.6 is 23.5 Å². The number of nitrogens with zero attached hydrogens (tertiary/aromatic N) is 1. The first-order chi connectivity index (χ1) is 7.61. The van der Waals surface area contributed by atoms with Crippen molar-refractivity contribution in [2.24, 2.45) is 10.9 Å². The fourth-order valence-corrected chi connectivity index (χ4v) is 3.59. The Morgan fingerprint density at radius 2 is 2.31 bits per heavy atom. The summed E-state index contributed by atoms with van der Waals surface area (Å²) in [5.74, 6) is 2.17. The van der Waals surface area contributed by atoms with Crippen molar-refractivity contribution in [3.63, 3.8) is 0 Å². The molecular formula is C12H22N2S2. The quantitative estimate of drug-likeness (QED) is 0.842. The molecule has 2 atom stereocenters. The summed E-state index contributed by atoms with van der Waals surface area (Å²) < 4.78 is 0.266. The number of fused-ring (bicyclic) bond motifs is 1. The van der Waals surface area contributed by atoms with E-state index in [1.807, 2.05) is 23.5 Å². The minimum Gasteiger partial charge on any atom is -0.362 e. The predicted octanol–water partition coefficient (Wildman–Crippen LogP) is 2.99. The minimum atomic E-state index is 0.266. The van der Waals surface area contributed by atoms with E-state index >= 15 is 0 Å². The maximum Gasteiger partial charge on any atom is 0.156 e. The molecule has 0 spiro atoms. The highest BCUT2D eigenvalue weighted by Crippen LogP contribution is 2.33. The summed E-state index contributed by atoms with van der Waals surface area (Å²) in [6, 6.07) is 0.720. The van der Waals surface area contributed by atoms with Gasteiger partial charge in [-0.1, -0.05) is 18.2 Å². The summed E-state index contributed by atoms with van der Waals surface area (Å²) in [5, 5.41) is 4.80. The lowest BCUT2D eigenvalue weighted by molar-refractivity contribution is 0.489. The number of thioether (sulfide) groups is 2. The molecule has 1 N–H and O–H groups in total. The van der Waals surface area contributed by atoms with E-state index in [0.717, 1.165) is 18.5 Å². The van der Waals surface area contributed by atoms with Crippen molar-refractivity contribution in [3.05, 3.63) is 0 Å². The van der Waals surface area contributed by atoms with Crippen LogP contribution in [0, 0.1) is 5.92 Å². The zero-order valence-electron chi connectivity index (χ0n) is 10.5. The average molecular weight is 258 g/mol. The lowest BCUT2D eigenvalue weighted by Crippen LogP contribution is -2.42. The van der Waals surface area contributed by atoms with Crippen LogP contribution in [-0.2, 0) is 0 Å². The molecule has 0 aromatic rings. The molecule has 1 heterocycles. The van der Waals surface area contributed by atoms with Crippen LogP contribution in [0.4, 0.5) is 0 Å². The molecule has 2 rings (SSSR count). The summed E-state index contributed by atoms with van der Waals surface area (Å²) in [4.78, 5) is 4.73. The van der Waals surface area contributed by atoms with Gasteiger partial charge in [-0.3, -0.25) is 4.99 Å². The van der Waals surface area contributed by atoms with Crippen molar-refractivity contribution < 1.29 is 0 Å². The van der Waals surface area contributed by atoms with Gasteiger partial charge < -0.3 is 5.32 Å². The van der Waals surface area contributed by atoms with Crippen LogP contribution < -0.4 is 5.32 Å². The number of hydrogen-bond donors (Lipinski definition) is 1. The molecule has 0 aromatic heterocycles. The Bertz CT molecular complexity index is 276. The third-order valence-electron chi connectivity index (χ3n) is 3.56. The summed E-state index contributed by atoms with van der Waals surface area (Å²) >= 11 is 3.81. The molecule has 0 aromatic carbocycles. The SMILES string of the molecule is CSC(C)(C)CN=C1NC2CCCC2CS1. The zero-order chi connectivity index (χ0) is 11.6. The highest BCUT2D eigenvalue weighted by Gasteiger charge is 2.32. The van der Waals surface area contributed by atoms with Crippen LogP contribution in [0.1, 0.15) is 33.1 Å². The molecule has 4 heteroatoms. The molecule has 0 amide bonds. The molecule has 92 valence electrons. The first-order valence-electron chi connectivity index (χ1n) is 6.10. The Labute approximate surface area is 107 Å². The normalized spacial score (nSPS) is 32.6. The highest BCUT2D eigenvalue weighted by molar-refractivity contribution is 8.13. The zero-order valence-corrected chi connectivity index (χ0v) is 12.1. The van der Waals surface area contributed by atoms with Gasteiger partial charge in [-0.25, -0.2) is 0 Å². The van der Waals surface area contributed by atoms with Crippen LogP contribution in [0.5, 0.6) is 0 Å². The van der Waals surface area contributed by atoms with E-state index in [2.05, 4.69) is 25.4 Å². The number of rotatable bonds is 3. The molecule has 1 aliphatic heterocycles. The van der Waals surface area contributed by atoms with E-state index in [-0.39, 0.29) is 4.75 Å². The molecule has 1 saturated carbocycles. The van der Waals surface area contributed by atoms with E-state index in [9.17, 15) is 0 Å². The summed E-state index contributed by atoms with van der Waals surface area (Å²) in [7, 11) is 0. The van der Waals surface area contributed by atoms with Crippen LogP contribution in [0.2, 0.25) is 0 Å². The van der Waals surface area contributed by atoms with E-state index in [0.29, 0.717) is 0 Å². The first kappa shape index (κ1) is 12.6. The molecule has 1 saturated heterocycles. The minimum absolute atomic E-state index is 0.266. The second-order valence-electron chi connectivity index (χ2n) is 5.34. The fraction of sp³-hybridized carbons (Fsp3) is 0.917. The van der Waals surface area contributed by atoms with Crippen molar-refractivity contribution in [1.82, 2.24) is 5.32 Å². The smallest absolute Gasteiger partial charge is 0.156 e. The van der Waals surface area contributed by atoms with Crippen molar-refractivity contribution in [2.75, 3.05) is 18.6 Å². The standard InChI is InChI=1S/C12H22N2S2/c1-12(2,15-3)8-13-11-14-10-6-4-5-9(10)7-16-11/h9-10H,4-8H2,1-3H3,(H,13,14). The third kappa shape index (κ3) is 3.10. The van der Waals surface area contributed by atoms with Gasteiger partial charge in [0.2, 0.25) is 0 Å². The van der Waals surface area contributed by atoms with Gasteiger partial charge in [-0.2, -0.15) is 11.8 Å². The molecule has 0 radical (unpaired) electrons. The van der Waals surface area contributed by atoms with Crippen molar-refractivity contribution in [2.45, 2.75) is 43.9 Å². The molecule has 16 heavy (non-hydrogen) atoms. The van der Waals surface area contributed by atoms with Crippen LogP contribution in [-0.4, -0.2) is 34.5 Å². The molecule has 1 aliphatic carbocycles. The van der Waals surface area contributed by atoms with E-state index in [4.69, 9.17) is 4.99 Å². The second kappa shape index (κ2) is 5.21. The lowest BCUT2D eigenvalue weighted by Gasteiger charge is -2.29. The average Bonchev–Trinajstić information content (AvgIpc) is 2.73.